The van der Waals surface area contributed by atoms with Gasteiger partial charge in [-0.3, -0.25) is 0 Å². The number of carbonyl (C=O) groups is 2. The van der Waals surface area contributed by atoms with Crippen molar-refractivity contribution < 1.29 is 19.1 Å². The van der Waals surface area contributed by atoms with E-state index in [2.05, 4.69) is 4.98 Å². The number of imidazole rings is 1. The zero-order valence-corrected chi connectivity index (χ0v) is 13.1. The molecule has 2 rings (SSSR count). The minimum Gasteiger partial charge on any atom is -0.461 e. The topological polar surface area (TPSA) is 96.4 Å². The molecule has 7 nitrogen and oxygen atoms in total. The second-order valence-electron chi connectivity index (χ2n) is 5.27. The maximum atomic E-state index is 12.1. The number of esters is 2. The van der Waals surface area contributed by atoms with Crippen LogP contribution in [0, 0.1) is 0 Å². The molecule has 0 aromatic carbocycles. The minimum absolute atomic E-state index is 0.00419. The normalized spacial score (nSPS) is 15.5. The maximum absolute atomic E-state index is 12.1. The number of ether oxygens (including phenoxy) is 2. The van der Waals surface area contributed by atoms with Crippen LogP contribution in [0.2, 0.25) is 0 Å². The molecule has 0 atom stereocenters. The van der Waals surface area contributed by atoms with Crippen molar-refractivity contribution in [2.24, 2.45) is 0 Å². The van der Waals surface area contributed by atoms with Gasteiger partial charge in [0.15, 0.2) is 5.69 Å². The lowest BCUT2D eigenvalue weighted by molar-refractivity contribution is 0.0502. The molecule has 0 saturated heterocycles. The summed E-state index contributed by atoms with van der Waals surface area (Å²) in [5, 5.41) is 0. The molecular weight excluding hydrogens is 286 g/mol. The monoisotopic (exact) mass is 309 g/mol. The number of hydrogen-bond donors (Lipinski definition) is 1. The Bertz CT molecular complexity index is 547. The van der Waals surface area contributed by atoms with E-state index in [9.17, 15) is 9.59 Å². The number of rotatable bonds is 5. The average molecular weight is 309 g/mol. The molecule has 1 aromatic rings. The molecule has 0 radical (unpaired) electrons. The summed E-state index contributed by atoms with van der Waals surface area (Å²) >= 11 is 0. The largest absolute Gasteiger partial charge is 0.461 e. The molecule has 0 aliphatic heterocycles. The fourth-order valence-electron chi connectivity index (χ4n) is 2.84. The number of aromatic nitrogens is 2. The third kappa shape index (κ3) is 3.23. The average Bonchev–Trinajstić information content (AvgIpc) is 2.86. The lowest BCUT2D eigenvalue weighted by Crippen LogP contribution is -2.21. The molecule has 1 heterocycles. The molecule has 122 valence electrons. The molecule has 1 aliphatic carbocycles. The number of hydrogen-bond acceptors (Lipinski definition) is 6. The molecule has 0 bridgehead atoms. The Morgan fingerprint density at radius 2 is 1.73 bits per heavy atom. The van der Waals surface area contributed by atoms with Crippen LogP contribution in [0.4, 0.5) is 5.82 Å². The van der Waals surface area contributed by atoms with E-state index < -0.39 is 11.9 Å². The van der Waals surface area contributed by atoms with Gasteiger partial charge in [0.2, 0.25) is 5.82 Å². The van der Waals surface area contributed by atoms with Gasteiger partial charge >= 0.3 is 11.9 Å². The van der Waals surface area contributed by atoms with Crippen molar-refractivity contribution >= 4 is 17.8 Å². The van der Waals surface area contributed by atoms with Crippen molar-refractivity contribution in [2.45, 2.75) is 52.0 Å². The van der Waals surface area contributed by atoms with Crippen molar-refractivity contribution in [3.8, 4) is 0 Å². The van der Waals surface area contributed by atoms with E-state index in [1.165, 1.54) is 6.42 Å². The maximum Gasteiger partial charge on any atom is 0.374 e. The highest BCUT2D eigenvalue weighted by Crippen LogP contribution is 2.33. The summed E-state index contributed by atoms with van der Waals surface area (Å²) in [6, 6.07) is 0.0730. The Labute approximate surface area is 129 Å². The number of nitrogen functional groups attached to an aromatic ring is 1. The van der Waals surface area contributed by atoms with Gasteiger partial charge in [-0.1, -0.05) is 19.3 Å². The van der Waals surface area contributed by atoms with Crippen molar-refractivity contribution in [1.29, 1.82) is 0 Å². The smallest absolute Gasteiger partial charge is 0.374 e. The van der Waals surface area contributed by atoms with Crippen LogP contribution in [0.25, 0.3) is 0 Å². The molecule has 0 amide bonds. The highest BCUT2D eigenvalue weighted by molar-refractivity contribution is 5.95. The number of anilines is 1. The Hall–Kier alpha value is -2.05. The van der Waals surface area contributed by atoms with Crippen LogP contribution in [0.5, 0.6) is 0 Å². The Morgan fingerprint density at radius 1 is 1.14 bits per heavy atom. The standard InChI is InChI=1S/C15H23N3O4/c1-3-21-14(19)11-12(16)18(10-8-6-5-7-9-10)13(17-11)15(20)22-4-2/h10H,3-9,16H2,1-2H3. The summed E-state index contributed by atoms with van der Waals surface area (Å²) in [5.74, 6) is -0.891. The molecule has 1 fully saturated rings. The summed E-state index contributed by atoms with van der Waals surface area (Å²) in [7, 11) is 0. The van der Waals surface area contributed by atoms with Crippen LogP contribution in [0.1, 0.15) is 73.1 Å². The van der Waals surface area contributed by atoms with Gasteiger partial charge in [-0.15, -0.1) is 0 Å². The summed E-state index contributed by atoms with van der Waals surface area (Å²) in [4.78, 5) is 28.2. The Kier molecular flexibility index (Phi) is 5.41. The molecular formula is C15H23N3O4. The van der Waals surface area contributed by atoms with Gasteiger partial charge in [0.05, 0.1) is 13.2 Å². The SMILES string of the molecule is CCOC(=O)c1nc(C(=O)OCC)n(C2CCCCC2)c1N. The van der Waals surface area contributed by atoms with E-state index in [4.69, 9.17) is 15.2 Å². The second kappa shape index (κ2) is 7.29. The van der Waals surface area contributed by atoms with Gasteiger partial charge < -0.3 is 19.8 Å². The van der Waals surface area contributed by atoms with Crippen LogP contribution in [0.3, 0.4) is 0 Å². The summed E-state index contributed by atoms with van der Waals surface area (Å²) in [6.45, 7) is 3.90. The Morgan fingerprint density at radius 3 is 2.32 bits per heavy atom. The highest BCUT2D eigenvalue weighted by Gasteiger charge is 2.30. The van der Waals surface area contributed by atoms with Crippen LogP contribution < -0.4 is 5.73 Å². The first-order chi connectivity index (χ1) is 10.6. The third-order valence-corrected chi connectivity index (χ3v) is 3.81. The first kappa shape index (κ1) is 16.3. The lowest BCUT2D eigenvalue weighted by atomic mass is 9.95. The van der Waals surface area contributed by atoms with E-state index in [-0.39, 0.29) is 36.6 Å². The van der Waals surface area contributed by atoms with E-state index in [1.807, 2.05) is 0 Å². The zero-order valence-electron chi connectivity index (χ0n) is 13.1. The van der Waals surface area contributed by atoms with Crippen LogP contribution in [-0.4, -0.2) is 34.7 Å². The van der Waals surface area contributed by atoms with Crippen molar-refractivity contribution in [1.82, 2.24) is 9.55 Å². The molecule has 0 unspecified atom stereocenters. The second-order valence-corrected chi connectivity index (χ2v) is 5.27. The molecule has 22 heavy (non-hydrogen) atoms. The predicted octanol–water partition coefficient (Wildman–Crippen LogP) is 2.32. The van der Waals surface area contributed by atoms with E-state index in [0.29, 0.717) is 0 Å². The van der Waals surface area contributed by atoms with Gasteiger partial charge in [0.25, 0.3) is 0 Å². The number of carbonyl (C=O) groups excluding carboxylic acids is 2. The molecule has 7 heteroatoms. The van der Waals surface area contributed by atoms with Gasteiger partial charge in [0, 0.05) is 6.04 Å². The zero-order chi connectivity index (χ0) is 16.1. The van der Waals surface area contributed by atoms with E-state index in [1.54, 1.807) is 18.4 Å². The predicted molar refractivity (Wildman–Crippen MR) is 80.7 cm³/mol. The highest BCUT2D eigenvalue weighted by atomic mass is 16.5. The van der Waals surface area contributed by atoms with Crippen LogP contribution in [0.15, 0.2) is 0 Å². The summed E-state index contributed by atoms with van der Waals surface area (Å²) in [6.07, 6.45) is 5.13. The number of nitrogens with two attached hydrogens (primary N) is 1. The summed E-state index contributed by atoms with van der Waals surface area (Å²) in [5.41, 5.74) is 6.09. The quantitative estimate of drug-likeness (QED) is 0.838. The van der Waals surface area contributed by atoms with Crippen LogP contribution in [-0.2, 0) is 9.47 Å². The lowest BCUT2D eigenvalue weighted by Gasteiger charge is -2.25. The van der Waals surface area contributed by atoms with Gasteiger partial charge in [0.1, 0.15) is 5.82 Å². The van der Waals surface area contributed by atoms with Gasteiger partial charge in [-0.05, 0) is 26.7 Å². The van der Waals surface area contributed by atoms with Gasteiger partial charge in [-0.25, -0.2) is 14.6 Å². The van der Waals surface area contributed by atoms with Gasteiger partial charge in [-0.2, -0.15) is 0 Å². The van der Waals surface area contributed by atoms with Crippen molar-refractivity contribution in [2.75, 3.05) is 18.9 Å². The fourth-order valence-corrected chi connectivity index (χ4v) is 2.84. The fraction of sp³-hybridized carbons (Fsp3) is 0.667. The molecule has 1 saturated carbocycles. The molecule has 1 aromatic heterocycles. The first-order valence-electron chi connectivity index (χ1n) is 7.82. The van der Waals surface area contributed by atoms with E-state index >= 15 is 0 Å². The molecule has 1 aliphatic rings. The molecule has 0 spiro atoms. The third-order valence-electron chi connectivity index (χ3n) is 3.81. The Balaban J connectivity index is 2.42. The van der Waals surface area contributed by atoms with Crippen molar-refractivity contribution in [3.05, 3.63) is 11.5 Å². The number of nitrogens with zero attached hydrogens (tertiary/aromatic N) is 2. The summed E-state index contributed by atoms with van der Waals surface area (Å²) < 4.78 is 11.7. The van der Waals surface area contributed by atoms with Crippen LogP contribution >= 0.6 is 0 Å². The minimum atomic E-state index is -0.611. The van der Waals surface area contributed by atoms with Crippen molar-refractivity contribution in [3.63, 3.8) is 0 Å². The van der Waals surface area contributed by atoms with E-state index in [0.717, 1.165) is 25.7 Å². The molecule has 2 N–H and O–H groups in total. The first-order valence-corrected chi connectivity index (χ1v) is 7.82.